The third-order valence-electron chi connectivity index (χ3n) is 3.38. The summed E-state index contributed by atoms with van der Waals surface area (Å²) in [5.41, 5.74) is 4.10. The second-order valence-electron chi connectivity index (χ2n) is 5.70. The topological polar surface area (TPSA) is 52.6 Å². The second-order valence-corrected chi connectivity index (χ2v) is 7.95. The van der Waals surface area contributed by atoms with Crippen molar-refractivity contribution in [1.29, 1.82) is 0 Å². The summed E-state index contributed by atoms with van der Waals surface area (Å²) in [6, 6.07) is 5.93. The van der Waals surface area contributed by atoms with Crippen molar-refractivity contribution in [2.75, 3.05) is 7.11 Å². The Morgan fingerprint density at radius 3 is 2.56 bits per heavy atom. The van der Waals surface area contributed by atoms with Crippen molar-refractivity contribution >= 4 is 31.5 Å². The predicted octanol–water partition coefficient (Wildman–Crippen LogP) is 3.26. The van der Waals surface area contributed by atoms with Crippen molar-refractivity contribution in [3.8, 4) is 17.2 Å². The largest absolute Gasteiger partial charge is 0.469 e. The Kier molecular flexibility index (Phi) is 5.94. The van der Waals surface area contributed by atoms with E-state index in [-0.39, 0.29) is 12.2 Å². The highest BCUT2D eigenvalue weighted by molar-refractivity contribution is 6.64. The third kappa shape index (κ3) is 4.67. The van der Waals surface area contributed by atoms with Crippen molar-refractivity contribution in [3.05, 3.63) is 41.2 Å². The number of methoxy groups -OCH3 is 1. The first-order valence-corrected chi connectivity index (χ1v) is 10.1. The fourth-order valence-electron chi connectivity index (χ4n) is 2.33. The highest BCUT2D eigenvalue weighted by Gasteiger charge is 2.18. The first kappa shape index (κ1) is 18.7. The zero-order chi connectivity index (χ0) is 18.6. The number of carbonyl (C=O) groups is 2. The lowest BCUT2D eigenvalue weighted by atomic mass is 9.97. The predicted molar refractivity (Wildman–Crippen MR) is 95.3 cm³/mol. The van der Waals surface area contributed by atoms with Gasteiger partial charge in [-0.05, 0) is 29.1 Å². The van der Waals surface area contributed by atoms with Crippen molar-refractivity contribution in [1.82, 2.24) is 0 Å². The molecule has 0 saturated carbocycles. The summed E-state index contributed by atoms with van der Waals surface area (Å²) >= 11 is 0. The Bertz CT molecular complexity index is 894. The minimum atomic E-state index is -0.879. The van der Waals surface area contributed by atoms with E-state index in [1.165, 1.54) is 26.2 Å². The van der Waals surface area contributed by atoms with Crippen molar-refractivity contribution < 1.29 is 23.5 Å². The van der Waals surface area contributed by atoms with Gasteiger partial charge in [0.25, 0.3) is 0 Å². The molecule has 0 heterocycles. The van der Waals surface area contributed by atoms with Gasteiger partial charge in [0.05, 0.1) is 19.1 Å². The highest BCUT2D eigenvalue weighted by atomic mass is 28.3. The Labute approximate surface area is 147 Å². The maximum Gasteiger partial charge on any atom is 0.310 e. The van der Waals surface area contributed by atoms with E-state index >= 15 is 0 Å². The molecule has 0 atom stereocenters. The molecule has 0 bridgehead atoms. The van der Waals surface area contributed by atoms with Crippen LogP contribution < -0.4 is 4.74 Å². The molecule has 0 spiro atoms. The lowest BCUT2D eigenvalue weighted by Crippen LogP contribution is -2.10. The average Bonchev–Trinajstić information content (AvgIpc) is 2.54. The molecule has 1 radical (unpaired) electrons. The molecule has 0 aromatic heterocycles. The van der Waals surface area contributed by atoms with Crippen LogP contribution in [0.1, 0.15) is 18.1 Å². The lowest BCUT2D eigenvalue weighted by Gasteiger charge is -2.14. The highest BCUT2D eigenvalue weighted by Crippen LogP contribution is 2.34. The standard InChI is InChI=1S/C19H18FO4Si/c1-12(21)24-19-16(7-8-25(3)4)14(10-18(22)23-2)9-13-5-6-15(20)11-17(13)19/h5-6,9,11H,10H2,1-4H3. The van der Waals surface area contributed by atoms with Crippen molar-refractivity contribution in [2.24, 2.45) is 0 Å². The molecule has 0 N–H and O–H groups in total. The maximum atomic E-state index is 13.7. The molecular weight excluding hydrogens is 339 g/mol. The fraction of sp³-hybridized carbons (Fsp3) is 0.263. The molecular formula is C19H18FO4Si. The van der Waals surface area contributed by atoms with Crippen LogP contribution in [-0.2, 0) is 20.7 Å². The summed E-state index contributed by atoms with van der Waals surface area (Å²) < 4.78 is 23.8. The van der Waals surface area contributed by atoms with E-state index in [2.05, 4.69) is 11.5 Å². The smallest absolute Gasteiger partial charge is 0.310 e. The van der Waals surface area contributed by atoms with Crippen LogP contribution in [0.4, 0.5) is 4.39 Å². The molecule has 0 amide bonds. The SMILES string of the molecule is COC(=O)Cc1cc2ccc(F)cc2c(OC(C)=O)c1C#C[Si](C)C. The van der Waals surface area contributed by atoms with Crippen LogP contribution in [0.2, 0.25) is 13.1 Å². The monoisotopic (exact) mass is 357 g/mol. The number of fused-ring (bicyclic) bond motifs is 1. The first-order valence-electron chi connectivity index (χ1n) is 7.64. The Morgan fingerprint density at radius 2 is 1.96 bits per heavy atom. The lowest BCUT2D eigenvalue weighted by molar-refractivity contribution is -0.139. The van der Waals surface area contributed by atoms with Crippen LogP contribution in [0.25, 0.3) is 10.8 Å². The molecule has 0 aliphatic heterocycles. The van der Waals surface area contributed by atoms with Crippen LogP contribution in [0.5, 0.6) is 5.75 Å². The van der Waals surface area contributed by atoms with Crippen LogP contribution in [0.15, 0.2) is 24.3 Å². The number of halogens is 1. The van der Waals surface area contributed by atoms with E-state index in [1.807, 2.05) is 13.1 Å². The van der Waals surface area contributed by atoms with Gasteiger partial charge < -0.3 is 9.47 Å². The van der Waals surface area contributed by atoms with Crippen LogP contribution in [-0.4, -0.2) is 27.8 Å². The number of hydrogen-bond acceptors (Lipinski definition) is 4. The summed E-state index contributed by atoms with van der Waals surface area (Å²) in [7, 11) is 0.423. The quantitative estimate of drug-likeness (QED) is 0.366. The molecule has 0 aliphatic carbocycles. The first-order chi connectivity index (χ1) is 11.8. The molecule has 0 fully saturated rings. The minimum Gasteiger partial charge on any atom is -0.469 e. The van der Waals surface area contributed by atoms with E-state index in [4.69, 9.17) is 9.47 Å². The Morgan fingerprint density at radius 1 is 1.24 bits per heavy atom. The van der Waals surface area contributed by atoms with Gasteiger partial charge in [0.15, 0.2) is 5.75 Å². The maximum absolute atomic E-state index is 13.7. The van der Waals surface area contributed by atoms with Gasteiger partial charge in [0.1, 0.15) is 14.6 Å². The summed E-state index contributed by atoms with van der Waals surface area (Å²) in [4.78, 5) is 23.3. The van der Waals surface area contributed by atoms with E-state index in [9.17, 15) is 14.0 Å². The van der Waals surface area contributed by atoms with Crippen molar-refractivity contribution in [2.45, 2.75) is 26.4 Å². The zero-order valence-corrected chi connectivity index (χ0v) is 15.5. The number of benzene rings is 2. The van der Waals surface area contributed by atoms with Crippen LogP contribution >= 0.6 is 0 Å². The molecule has 0 saturated heterocycles. The van der Waals surface area contributed by atoms with E-state index in [0.717, 1.165) is 0 Å². The third-order valence-corrected chi connectivity index (χ3v) is 4.01. The number of carbonyl (C=O) groups excluding carboxylic acids is 2. The average molecular weight is 357 g/mol. The summed E-state index contributed by atoms with van der Waals surface area (Å²) in [6.45, 7) is 5.30. The van der Waals surface area contributed by atoms with Gasteiger partial charge >= 0.3 is 11.9 Å². The van der Waals surface area contributed by atoms with Gasteiger partial charge in [0.2, 0.25) is 0 Å². The Balaban J connectivity index is 2.82. The Hall–Kier alpha value is -2.65. The van der Waals surface area contributed by atoms with E-state index in [1.54, 1.807) is 12.1 Å². The van der Waals surface area contributed by atoms with Gasteiger partial charge in [-0.3, -0.25) is 9.59 Å². The molecule has 0 aliphatic rings. The molecule has 0 unspecified atom stereocenters. The molecule has 25 heavy (non-hydrogen) atoms. The van der Waals surface area contributed by atoms with Gasteiger partial charge in [-0.1, -0.05) is 25.1 Å². The summed E-state index contributed by atoms with van der Waals surface area (Å²) in [6.07, 6.45) is -0.0163. The molecule has 2 aromatic carbocycles. The molecule has 6 heteroatoms. The van der Waals surface area contributed by atoms with E-state index < -0.39 is 26.6 Å². The van der Waals surface area contributed by atoms with Crippen molar-refractivity contribution in [3.63, 3.8) is 0 Å². The molecule has 129 valence electrons. The molecule has 4 nitrogen and oxygen atoms in total. The normalized spacial score (nSPS) is 10.3. The van der Waals surface area contributed by atoms with Crippen LogP contribution in [0.3, 0.4) is 0 Å². The number of esters is 2. The zero-order valence-electron chi connectivity index (χ0n) is 14.5. The number of ether oxygens (including phenoxy) is 2. The van der Waals surface area contributed by atoms with Gasteiger partial charge in [-0.25, -0.2) is 4.39 Å². The van der Waals surface area contributed by atoms with Gasteiger partial charge in [-0.15, -0.1) is 5.54 Å². The number of hydrogen-bond donors (Lipinski definition) is 0. The second kappa shape index (κ2) is 7.95. The van der Waals surface area contributed by atoms with Gasteiger partial charge in [0, 0.05) is 12.3 Å². The summed E-state index contributed by atoms with van der Waals surface area (Å²) in [5, 5.41) is 1.09. The minimum absolute atomic E-state index is 0.0163. The molecule has 2 aromatic rings. The van der Waals surface area contributed by atoms with Crippen LogP contribution in [0, 0.1) is 17.3 Å². The fourth-order valence-corrected chi connectivity index (χ4v) is 2.71. The van der Waals surface area contributed by atoms with Gasteiger partial charge in [-0.2, -0.15) is 0 Å². The summed E-state index contributed by atoms with van der Waals surface area (Å²) in [5.74, 6) is 1.77. The molecule has 2 rings (SSSR count). The van der Waals surface area contributed by atoms with E-state index in [0.29, 0.717) is 21.9 Å². The number of rotatable bonds is 3.